The summed E-state index contributed by atoms with van der Waals surface area (Å²) < 4.78 is 29.2. The summed E-state index contributed by atoms with van der Waals surface area (Å²) in [5.74, 6) is -1.79. The molecule has 0 saturated carbocycles. The average molecular weight is 337 g/mol. The van der Waals surface area contributed by atoms with Crippen molar-refractivity contribution in [2.24, 2.45) is 4.99 Å². The van der Waals surface area contributed by atoms with Crippen LogP contribution >= 0.6 is 11.6 Å². The van der Waals surface area contributed by atoms with Gasteiger partial charge in [-0.1, -0.05) is 24.6 Å². The van der Waals surface area contributed by atoms with Gasteiger partial charge in [-0.15, -0.1) is 0 Å². The number of aliphatic imine (C=N–C) groups is 1. The molecule has 6 heteroatoms. The first-order valence-corrected chi connectivity index (χ1v) is 7.65. The maximum absolute atomic E-state index is 15.1. The summed E-state index contributed by atoms with van der Waals surface area (Å²) in [6.07, 6.45) is 0.328. The van der Waals surface area contributed by atoms with Gasteiger partial charge in [0, 0.05) is 16.8 Å². The van der Waals surface area contributed by atoms with Crippen molar-refractivity contribution >= 4 is 23.0 Å². The first kappa shape index (κ1) is 15.7. The molecule has 1 aliphatic rings. The Balaban J connectivity index is 2.31. The number of phenols is 1. The Morgan fingerprint density at radius 1 is 1.30 bits per heavy atom. The molecule has 2 N–H and O–H groups in total. The van der Waals surface area contributed by atoms with Gasteiger partial charge in [-0.3, -0.25) is 4.99 Å². The Morgan fingerprint density at radius 3 is 2.70 bits per heavy atom. The molecule has 0 amide bonds. The lowest BCUT2D eigenvalue weighted by atomic mass is 9.96. The summed E-state index contributed by atoms with van der Waals surface area (Å²) in [6.45, 7) is 3.72. The summed E-state index contributed by atoms with van der Waals surface area (Å²) in [4.78, 5) is 4.42. The number of hydrogen-bond donors (Lipinski definition) is 2. The molecule has 1 atom stereocenters. The second-order valence-corrected chi connectivity index (χ2v) is 5.76. The predicted molar refractivity (Wildman–Crippen MR) is 88.4 cm³/mol. The summed E-state index contributed by atoms with van der Waals surface area (Å²) in [5.41, 5.74) is 1.13. The highest BCUT2D eigenvalue weighted by atomic mass is 35.5. The zero-order valence-corrected chi connectivity index (χ0v) is 13.4. The minimum Gasteiger partial charge on any atom is -0.507 e. The molecule has 0 fully saturated rings. The van der Waals surface area contributed by atoms with E-state index in [-0.39, 0.29) is 33.8 Å². The number of nitrogens with one attached hydrogen (secondary N) is 1. The van der Waals surface area contributed by atoms with Crippen molar-refractivity contribution in [1.29, 1.82) is 0 Å². The molecule has 0 saturated heterocycles. The Hall–Kier alpha value is -2.14. The van der Waals surface area contributed by atoms with Gasteiger partial charge in [-0.2, -0.15) is 0 Å². The van der Waals surface area contributed by atoms with Crippen LogP contribution in [0.25, 0.3) is 11.1 Å². The van der Waals surface area contributed by atoms with Gasteiger partial charge in [0.25, 0.3) is 0 Å². The summed E-state index contributed by atoms with van der Waals surface area (Å²) in [6, 6.07) is 5.35. The topological polar surface area (TPSA) is 44.6 Å². The van der Waals surface area contributed by atoms with Crippen molar-refractivity contribution in [3.8, 4) is 16.9 Å². The molecule has 0 radical (unpaired) electrons. The molecule has 0 spiro atoms. The van der Waals surface area contributed by atoms with Gasteiger partial charge in [-0.05, 0) is 31.5 Å². The lowest BCUT2D eigenvalue weighted by Gasteiger charge is -2.25. The summed E-state index contributed by atoms with van der Waals surface area (Å²) in [7, 11) is 0. The first-order valence-electron chi connectivity index (χ1n) is 7.27. The zero-order chi connectivity index (χ0) is 16.7. The van der Waals surface area contributed by atoms with E-state index >= 15 is 4.39 Å². The minimum atomic E-state index is -0.737. The SMILES string of the molecule is CCC1=NC(C)Nc2c1cc(Cl)c(-c1c(O)cccc1F)c2F. The Kier molecular flexibility index (Phi) is 3.98. The smallest absolute Gasteiger partial charge is 0.156 e. The third kappa shape index (κ3) is 2.55. The fourth-order valence-corrected chi connectivity index (χ4v) is 3.09. The summed E-state index contributed by atoms with van der Waals surface area (Å²) in [5, 5.41) is 12.9. The molecule has 120 valence electrons. The van der Waals surface area contributed by atoms with Crippen molar-refractivity contribution in [2.75, 3.05) is 5.32 Å². The van der Waals surface area contributed by atoms with Crippen molar-refractivity contribution in [3.05, 3.63) is 46.5 Å². The van der Waals surface area contributed by atoms with Crippen LogP contribution in [0.15, 0.2) is 29.3 Å². The number of phenolic OH excluding ortho intramolecular Hbond substituents is 1. The van der Waals surface area contributed by atoms with Crippen molar-refractivity contribution < 1.29 is 13.9 Å². The van der Waals surface area contributed by atoms with Crippen LogP contribution < -0.4 is 5.32 Å². The van der Waals surface area contributed by atoms with Gasteiger partial charge in [0.05, 0.1) is 16.3 Å². The highest BCUT2D eigenvalue weighted by molar-refractivity contribution is 6.34. The van der Waals surface area contributed by atoms with Crippen LogP contribution in [-0.4, -0.2) is 17.0 Å². The van der Waals surface area contributed by atoms with Crippen LogP contribution in [-0.2, 0) is 0 Å². The fourth-order valence-electron chi connectivity index (χ4n) is 2.80. The number of anilines is 1. The number of aromatic hydroxyl groups is 1. The van der Waals surface area contributed by atoms with Crippen molar-refractivity contribution in [1.82, 2.24) is 0 Å². The molecule has 1 heterocycles. The molecule has 23 heavy (non-hydrogen) atoms. The number of hydrogen-bond acceptors (Lipinski definition) is 3. The van der Waals surface area contributed by atoms with Crippen LogP contribution in [0.3, 0.4) is 0 Å². The van der Waals surface area contributed by atoms with Gasteiger partial charge < -0.3 is 10.4 Å². The largest absolute Gasteiger partial charge is 0.507 e. The fraction of sp³-hybridized carbons (Fsp3) is 0.235. The standard InChI is InChI=1S/C17H15ClF2N2O/c1-3-12-9-7-10(18)14(15-11(19)5-4-6-13(15)23)16(20)17(9)22-8(2)21-12/h4-8,22-23H,3H2,1-2H3. The third-order valence-corrected chi connectivity index (χ3v) is 4.11. The maximum Gasteiger partial charge on any atom is 0.156 e. The van der Waals surface area contributed by atoms with Crippen molar-refractivity contribution in [3.63, 3.8) is 0 Å². The molecular weight excluding hydrogens is 322 g/mol. The number of halogens is 3. The Bertz CT molecular complexity index is 800. The van der Waals surface area contributed by atoms with E-state index in [2.05, 4.69) is 10.3 Å². The van der Waals surface area contributed by atoms with E-state index in [0.717, 1.165) is 11.8 Å². The Morgan fingerprint density at radius 2 is 2.04 bits per heavy atom. The number of benzene rings is 2. The molecule has 0 aliphatic carbocycles. The molecule has 0 bridgehead atoms. The monoisotopic (exact) mass is 336 g/mol. The van der Waals surface area contributed by atoms with E-state index < -0.39 is 11.6 Å². The van der Waals surface area contributed by atoms with E-state index in [9.17, 15) is 9.50 Å². The van der Waals surface area contributed by atoms with E-state index in [1.807, 2.05) is 6.92 Å². The van der Waals surface area contributed by atoms with E-state index in [0.29, 0.717) is 12.0 Å². The van der Waals surface area contributed by atoms with Gasteiger partial charge in [0.15, 0.2) is 5.82 Å². The van der Waals surface area contributed by atoms with E-state index in [1.165, 1.54) is 12.1 Å². The molecule has 1 aliphatic heterocycles. The second-order valence-electron chi connectivity index (χ2n) is 5.35. The first-order chi connectivity index (χ1) is 10.9. The van der Waals surface area contributed by atoms with Crippen LogP contribution in [0.4, 0.5) is 14.5 Å². The lowest BCUT2D eigenvalue weighted by Crippen LogP contribution is -2.24. The van der Waals surface area contributed by atoms with Crippen molar-refractivity contribution in [2.45, 2.75) is 26.4 Å². The van der Waals surface area contributed by atoms with Crippen LogP contribution in [0.5, 0.6) is 5.75 Å². The van der Waals surface area contributed by atoms with Gasteiger partial charge in [0.2, 0.25) is 0 Å². The number of fused-ring (bicyclic) bond motifs is 1. The van der Waals surface area contributed by atoms with Crippen LogP contribution in [0, 0.1) is 11.6 Å². The highest BCUT2D eigenvalue weighted by Gasteiger charge is 2.27. The number of rotatable bonds is 2. The van der Waals surface area contributed by atoms with E-state index in [1.54, 1.807) is 13.0 Å². The highest BCUT2D eigenvalue weighted by Crippen LogP contribution is 2.43. The third-order valence-electron chi connectivity index (χ3n) is 3.81. The van der Waals surface area contributed by atoms with Gasteiger partial charge in [0.1, 0.15) is 17.7 Å². The maximum atomic E-state index is 15.1. The van der Waals surface area contributed by atoms with Gasteiger partial charge in [-0.25, -0.2) is 8.78 Å². The molecule has 3 rings (SSSR count). The number of nitrogens with zero attached hydrogens (tertiary/aromatic N) is 1. The molecule has 0 aromatic heterocycles. The zero-order valence-electron chi connectivity index (χ0n) is 12.6. The average Bonchev–Trinajstić information content (AvgIpc) is 2.50. The molecule has 2 aromatic carbocycles. The lowest BCUT2D eigenvalue weighted by molar-refractivity contribution is 0.471. The Labute approximate surface area is 137 Å². The van der Waals surface area contributed by atoms with Gasteiger partial charge >= 0.3 is 0 Å². The minimum absolute atomic E-state index is 0.0270. The normalized spacial score (nSPS) is 16.6. The quantitative estimate of drug-likeness (QED) is 0.814. The molecular formula is C17H15ClF2N2O. The molecule has 3 nitrogen and oxygen atoms in total. The molecule has 2 aromatic rings. The van der Waals surface area contributed by atoms with E-state index in [4.69, 9.17) is 11.6 Å². The van der Waals surface area contributed by atoms with Crippen LogP contribution in [0.2, 0.25) is 5.02 Å². The second kappa shape index (κ2) is 5.81. The van der Waals surface area contributed by atoms with Crippen LogP contribution in [0.1, 0.15) is 25.8 Å². The summed E-state index contributed by atoms with van der Waals surface area (Å²) >= 11 is 6.20. The molecule has 1 unspecified atom stereocenters. The predicted octanol–water partition coefficient (Wildman–Crippen LogP) is 4.96.